The molecule has 1 saturated carbocycles. The van der Waals surface area contributed by atoms with Gasteiger partial charge in [-0.25, -0.2) is 0 Å². The Labute approximate surface area is 183 Å². The van der Waals surface area contributed by atoms with Crippen LogP contribution in [0.25, 0.3) is 16.8 Å². The van der Waals surface area contributed by atoms with Gasteiger partial charge in [0.25, 0.3) is 0 Å². The van der Waals surface area contributed by atoms with Gasteiger partial charge in [-0.2, -0.15) is 0 Å². The molecule has 0 unspecified atom stereocenters. The minimum Gasteiger partial charge on any atom is -0.497 e. The summed E-state index contributed by atoms with van der Waals surface area (Å²) in [4.78, 5) is 2.40. The molecular weight excluding hydrogens is 382 g/mol. The van der Waals surface area contributed by atoms with Crippen molar-refractivity contribution in [1.29, 1.82) is 0 Å². The van der Waals surface area contributed by atoms with Gasteiger partial charge >= 0.3 is 0 Å². The van der Waals surface area contributed by atoms with Crippen molar-refractivity contribution in [3.05, 3.63) is 102 Å². The number of hydrogen-bond acceptors (Lipinski definition) is 4. The molecule has 3 aliphatic rings. The highest BCUT2D eigenvalue weighted by molar-refractivity contribution is 5.81. The predicted molar refractivity (Wildman–Crippen MR) is 125 cm³/mol. The molecule has 3 aromatic carbocycles. The molecule has 31 heavy (non-hydrogen) atoms. The number of rotatable bonds is 3. The number of fused-ring (bicyclic) bond motifs is 4. The van der Waals surface area contributed by atoms with E-state index in [-0.39, 0.29) is 5.54 Å². The Morgan fingerprint density at radius 3 is 2.32 bits per heavy atom. The van der Waals surface area contributed by atoms with Crippen molar-refractivity contribution in [2.24, 2.45) is 0 Å². The van der Waals surface area contributed by atoms with Crippen molar-refractivity contribution in [2.75, 3.05) is 19.2 Å². The van der Waals surface area contributed by atoms with Crippen LogP contribution in [-0.4, -0.2) is 19.1 Å². The van der Waals surface area contributed by atoms with E-state index in [0.717, 1.165) is 11.4 Å². The van der Waals surface area contributed by atoms with E-state index in [1.807, 2.05) is 12.1 Å². The topological polar surface area (TPSA) is 27.7 Å². The van der Waals surface area contributed by atoms with Gasteiger partial charge in [-0.05, 0) is 53.8 Å². The Morgan fingerprint density at radius 2 is 1.61 bits per heavy atom. The van der Waals surface area contributed by atoms with E-state index in [0.29, 0.717) is 0 Å². The van der Waals surface area contributed by atoms with Gasteiger partial charge in [0.2, 0.25) is 0 Å². The van der Waals surface area contributed by atoms with Gasteiger partial charge in [-0.15, -0.1) is 0 Å². The fourth-order valence-electron chi connectivity index (χ4n) is 4.82. The van der Waals surface area contributed by atoms with Crippen LogP contribution in [0.5, 0.6) is 5.75 Å². The maximum absolute atomic E-state index is 5.33. The van der Waals surface area contributed by atoms with Gasteiger partial charge in [0, 0.05) is 18.8 Å². The Bertz CT molecular complexity index is 1210. The molecule has 2 aliphatic heterocycles. The zero-order chi connectivity index (χ0) is 21.0. The van der Waals surface area contributed by atoms with E-state index < -0.39 is 0 Å². The lowest BCUT2D eigenvalue weighted by molar-refractivity contribution is 0.315. The van der Waals surface area contributed by atoms with Gasteiger partial charge < -0.3 is 9.64 Å². The lowest BCUT2D eigenvalue weighted by Gasteiger charge is -2.28. The molecule has 0 atom stereocenters. The van der Waals surface area contributed by atoms with Gasteiger partial charge in [0.05, 0.1) is 29.7 Å². The molecule has 1 N–H and O–H groups in total. The predicted octanol–water partition coefficient (Wildman–Crippen LogP) is 5.50. The average Bonchev–Trinajstić information content (AvgIpc) is 3.55. The molecule has 154 valence electrons. The summed E-state index contributed by atoms with van der Waals surface area (Å²) >= 11 is 0. The smallest absolute Gasteiger partial charge is 0.118 e. The van der Waals surface area contributed by atoms with Crippen molar-refractivity contribution in [3.8, 4) is 16.9 Å². The van der Waals surface area contributed by atoms with E-state index in [1.54, 1.807) is 7.11 Å². The average molecular weight is 408 g/mol. The van der Waals surface area contributed by atoms with Crippen molar-refractivity contribution in [3.63, 3.8) is 0 Å². The van der Waals surface area contributed by atoms with Crippen LogP contribution in [0.4, 0.5) is 5.69 Å². The minimum absolute atomic E-state index is 0.105. The zero-order valence-corrected chi connectivity index (χ0v) is 17.8. The van der Waals surface area contributed by atoms with E-state index in [2.05, 4.69) is 95.3 Å². The molecule has 4 nitrogen and oxygen atoms in total. The summed E-state index contributed by atoms with van der Waals surface area (Å²) in [7, 11) is 3.91. The number of hydrazine groups is 1. The molecule has 1 spiro atoms. The highest BCUT2D eigenvalue weighted by atomic mass is 16.5. The summed E-state index contributed by atoms with van der Waals surface area (Å²) in [5, 5.41) is 2.24. The fraction of sp³-hybridized carbons (Fsp3) is 0.185. The number of benzene rings is 3. The molecule has 0 radical (unpaired) electrons. The van der Waals surface area contributed by atoms with Gasteiger partial charge in [0.15, 0.2) is 0 Å². The Balaban J connectivity index is 1.46. The van der Waals surface area contributed by atoms with Crippen LogP contribution in [0.1, 0.15) is 24.0 Å². The van der Waals surface area contributed by atoms with E-state index >= 15 is 0 Å². The van der Waals surface area contributed by atoms with Gasteiger partial charge in [-0.3, -0.25) is 10.4 Å². The number of nitrogens with zero attached hydrogens (tertiary/aromatic N) is 2. The van der Waals surface area contributed by atoms with Crippen LogP contribution in [0.2, 0.25) is 0 Å². The summed E-state index contributed by atoms with van der Waals surface area (Å²) in [5.74, 6) is 0.875. The first-order chi connectivity index (χ1) is 15.2. The van der Waals surface area contributed by atoms with Crippen molar-refractivity contribution in [2.45, 2.75) is 18.4 Å². The SMILES string of the molecule is COc1ccc(-c2ccc3c(c2)N2NC(c4ccccc4)=CC2=CN(C)C32CC2)cc1. The standard InChI is InChI=1S/C27H25N3O/c1-29-18-22-17-25(20-6-4-3-5-7-20)28-30(22)26-16-21(10-13-24(26)27(29)14-15-27)19-8-11-23(31-2)12-9-19/h3-13,16-18,28H,14-15H2,1-2H3. The van der Waals surface area contributed by atoms with E-state index in [9.17, 15) is 0 Å². The first-order valence-electron chi connectivity index (χ1n) is 10.8. The van der Waals surface area contributed by atoms with Crippen LogP contribution in [0.3, 0.4) is 0 Å². The summed E-state index contributed by atoms with van der Waals surface area (Å²) in [6.45, 7) is 0. The van der Waals surface area contributed by atoms with Gasteiger partial charge in [-0.1, -0.05) is 54.6 Å². The van der Waals surface area contributed by atoms with Crippen LogP contribution in [0.15, 0.2) is 90.8 Å². The van der Waals surface area contributed by atoms with E-state index in [1.165, 1.54) is 46.5 Å². The van der Waals surface area contributed by atoms with Crippen LogP contribution < -0.4 is 15.2 Å². The third-order valence-electron chi connectivity index (χ3n) is 6.76. The fourth-order valence-corrected chi connectivity index (χ4v) is 4.82. The highest BCUT2D eigenvalue weighted by Crippen LogP contribution is 2.56. The first-order valence-corrected chi connectivity index (χ1v) is 10.8. The number of anilines is 1. The number of hydrogen-bond donors (Lipinski definition) is 1. The second-order valence-corrected chi connectivity index (χ2v) is 8.53. The van der Waals surface area contributed by atoms with E-state index in [4.69, 9.17) is 4.74 Å². The summed E-state index contributed by atoms with van der Waals surface area (Å²) in [5.41, 5.74) is 12.2. The third kappa shape index (κ3) is 2.82. The first kappa shape index (κ1) is 18.1. The Morgan fingerprint density at radius 1 is 0.871 bits per heavy atom. The lowest BCUT2D eigenvalue weighted by Crippen LogP contribution is -2.31. The summed E-state index contributed by atoms with van der Waals surface area (Å²) < 4.78 is 5.33. The maximum atomic E-state index is 5.33. The molecule has 0 saturated heterocycles. The molecule has 3 aromatic rings. The number of methoxy groups -OCH3 is 1. The van der Waals surface area contributed by atoms with Crippen molar-refractivity contribution >= 4 is 11.4 Å². The van der Waals surface area contributed by atoms with Crippen LogP contribution in [-0.2, 0) is 5.54 Å². The molecular formula is C27H25N3O. The molecule has 2 heterocycles. The lowest BCUT2D eigenvalue weighted by atomic mass is 9.96. The van der Waals surface area contributed by atoms with Crippen LogP contribution >= 0.6 is 0 Å². The third-order valence-corrected chi connectivity index (χ3v) is 6.76. The van der Waals surface area contributed by atoms with Crippen molar-refractivity contribution < 1.29 is 4.74 Å². The van der Waals surface area contributed by atoms with Gasteiger partial charge in [0.1, 0.15) is 5.75 Å². The highest BCUT2D eigenvalue weighted by Gasteiger charge is 2.51. The number of allylic oxidation sites excluding steroid dienone is 1. The molecule has 1 aliphatic carbocycles. The largest absolute Gasteiger partial charge is 0.497 e. The van der Waals surface area contributed by atoms with Crippen LogP contribution in [0, 0.1) is 0 Å². The summed E-state index contributed by atoms with van der Waals surface area (Å²) in [6.07, 6.45) is 6.90. The number of nitrogens with one attached hydrogen (secondary N) is 1. The molecule has 0 aromatic heterocycles. The minimum atomic E-state index is 0.105. The second kappa shape index (κ2) is 6.67. The molecule has 0 bridgehead atoms. The zero-order valence-electron chi connectivity index (χ0n) is 17.8. The maximum Gasteiger partial charge on any atom is 0.118 e. The number of ether oxygens (including phenoxy) is 1. The Hall–Kier alpha value is -3.66. The quantitative estimate of drug-likeness (QED) is 0.620. The Kier molecular flexibility index (Phi) is 3.90. The molecule has 0 amide bonds. The normalized spacial score (nSPS) is 17.9. The monoisotopic (exact) mass is 407 g/mol. The van der Waals surface area contributed by atoms with Crippen molar-refractivity contribution in [1.82, 2.24) is 10.3 Å². The molecule has 1 fully saturated rings. The molecule has 6 rings (SSSR count). The second-order valence-electron chi connectivity index (χ2n) is 8.53. The molecule has 4 heteroatoms. The summed E-state index contributed by atoms with van der Waals surface area (Å²) in [6, 6.07) is 25.7.